The third-order valence-electron chi connectivity index (χ3n) is 4.92. The maximum absolute atomic E-state index is 4.65. The molecule has 0 radical (unpaired) electrons. The number of nitrogens with zero attached hydrogens (tertiary/aromatic N) is 1. The molecule has 0 bridgehead atoms. The van der Waals surface area contributed by atoms with Crippen LogP contribution in [0.5, 0.6) is 0 Å². The molecular weight excluding hydrogens is 266 g/mol. The third-order valence-corrected chi connectivity index (χ3v) is 4.92. The first kappa shape index (κ1) is 11.9. The lowest BCUT2D eigenvalue weighted by molar-refractivity contribution is 1.19. The highest BCUT2D eigenvalue weighted by Gasteiger charge is 2.23. The molecule has 1 heterocycles. The number of aromatic nitrogens is 1. The van der Waals surface area contributed by atoms with Crippen LogP contribution < -0.4 is 0 Å². The fraction of sp³-hybridized carbons (Fsp3) is 0.0952. The number of hydrogen-bond acceptors (Lipinski definition) is 1. The first-order valence-electron chi connectivity index (χ1n) is 7.71. The molecule has 0 fully saturated rings. The van der Waals surface area contributed by atoms with Crippen molar-refractivity contribution >= 4 is 21.5 Å². The monoisotopic (exact) mass is 281 g/mol. The van der Waals surface area contributed by atoms with Crippen LogP contribution in [0.4, 0.5) is 0 Å². The van der Waals surface area contributed by atoms with Crippen LogP contribution in [0.25, 0.3) is 32.8 Å². The Bertz CT molecular complexity index is 1060. The highest BCUT2D eigenvalue weighted by atomic mass is 14.7. The number of rotatable bonds is 0. The summed E-state index contributed by atoms with van der Waals surface area (Å²) in [6.45, 7) is 2.19. The lowest BCUT2D eigenvalue weighted by atomic mass is 9.95. The van der Waals surface area contributed by atoms with Crippen LogP contribution >= 0.6 is 0 Å². The lowest BCUT2D eigenvalue weighted by Gasteiger charge is -2.09. The summed E-state index contributed by atoms with van der Waals surface area (Å²) in [7, 11) is 0. The number of pyridine rings is 1. The van der Waals surface area contributed by atoms with Crippen molar-refractivity contribution in [1.82, 2.24) is 4.98 Å². The minimum atomic E-state index is 0.996. The zero-order chi connectivity index (χ0) is 14.7. The molecule has 1 aromatic heterocycles. The summed E-state index contributed by atoms with van der Waals surface area (Å²) in [5.41, 5.74) is 6.64. The summed E-state index contributed by atoms with van der Waals surface area (Å²) in [4.78, 5) is 4.65. The largest absolute Gasteiger partial charge is 0.256 e. The van der Waals surface area contributed by atoms with Crippen molar-refractivity contribution in [2.24, 2.45) is 0 Å². The van der Waals surface area contributed by atoms with Gasteiger partial charge in [-0.05, 0) is 51.2 Å². The molecule has 1 aliphatic rings. The van der Waals surface area contributed by atoms with E-state index in [-0.39, 0.29) is 0 Å². The van der Waals surface area contributed by atoms with Crippen LogP contribution in [0.2, 0.25) is 0 Å². The highest BCUT2D eigenvalue weighted by Crippen LogP contribution is 2.42. The Balaban J connectivity index is 1.96. The van der Waals surface area contributed by atoms with E-state index in [4.69, 9.17) is 0 Å². The predicted octanol–water partition coefficient (Wildman–Crippen LogP) is 5.27. The predicted molar refractivity (Wildman–Crippen MR) is 92.2 cm³/mol. The minimum Gasteiger partial charge on any atom is -0.256 e. The second-order valence-electron chi connectivity index (χ2n) is 6.11. The van der Waals surface area contributed by atoms with Crippen molar-refractivity contribution in [3.05, 3.63) is 77.5 Å². The van der Waals surface area contributed by atoms with Crippen LogP contribution in [0.1, 0.15) is 16.7 Å². The molecule has 3 aromatic carbocycles. The van der Waals surface area contributed by atoms with E-state index in [2.05, 4.69) is 66.5 Å². The number of aryl methyl sites for hydroxylation is 1. The van der Waals surface area contributed by atoms with Gasteiger partial charge in [-0.1, -0.05) is 48.5 Å². The summed E-state index contributed by atoms with van der Waals surface area (Å²) in [5.74, 6) is 0. The van der Waals surface area contributed by atoms with Crippen LogP contribution in [-0.2, 0) is 6.42 Å². The first-order valence-corrected chi connectivity index (χ1v) is 7.71. The van der Waals surface area contributed by atoms with Gasteiger partial charge in [0.2, 0.25) is 0 Å². The number of fused-ring (bicyclic) bond motifs is 7. The van der Waals surface area contributed by atoms with Crippen molar-refractivity contribution in [3.63, 3.8) is 0 Å². The van der Waals surface area contributed by atoms with E-state index in [1.54, 1.807) is 0 Å². The molecule has 0 aliphatic heterocycles. The van der Waals surface area contributed by atoms with Gasteiger partial charge in [-0.2, -0.15) is 0 Å². The van der Waals surface area contributed by atoms with Gasteiger partial charge in [0.05, 0.1) is 5.69 Å². The molecule has 0 saturated carbocycles. The molecule has 1 nitrogen and oxygen atoms in total. The van der Waals surface area contributed by atoms with Gasteiger partial charge in [-0.15, -0.1) is 0 Å². The molecule has 0 N–H and O–H groups in total. The maximum Gasteiger partial charge on any atom is 0.0743 e. The fourth-order valence-corrected chi connectivity index (χ4v) is 3.80. The Morgan fingerprint density at radius 1 is 0.818 bits per heavy atom. The summed E-state index contributed by atoms with van der Waals surface area (Å²) in [6.07, 6.45) is 2.92. The molecule has 0 atom stereocenters. The normalized spacial score (nSPS) is 12.6. The number of hydrogen-bond donors (Lipinski definition) is 0. The smallest absolute Gasteiger partial charge is 0.0743 e. The van der Waals surface area contributed by atoms with Gasteiger partial charge in [0.25, 0.3) is 0 Å². The standard InChI is InChI=1S/C21H15N/c1-13-10-11-22-21-17-9-8-15-7-6-14-4-2-3-5-16(14)20(15)19(17)12-18(13)21/h2-11H,12H2,1H3. The zero-order valence-electron chi connectivity index (χ0n) is 12.4. The van der Waals surface area contributed by atoms with Crippen LogP contribution in [0.15, 0.2) is 60.8 Å². The molecule has 1 aliphatic carbocycles. The average molecular weight is 281 g/mol. The van der Waals surface area contributed by atoms with Crippen LogP contribution in [0.3, 0.4) is 0 Å². The van der Waals surface area contributed by atoms with Gasteiger partial charge in [-0.3, -0.25) is 4.98 Å². The Morgan fingerprint density at radius 2 is 1.64 bits per heavy atom. The Hall–Kier alpha value is -2.67. The Labute approximate surface area is 129 Å². The topological polar surface area (TPSA) is 12.9 Å². The van der Waals surface area contributed by atoms with Gasteiger partial charge >= 0.3 is 0 Å². The van der Waals surface area contributed by atoms with Crippen LogP contribution in [0, 0.1) is 6.92 Å². The van der Waals surface area contributed by atoms with Crippen molar-refractivity contribution in [3.8, 4) is 11.3 Å². The molecule has 0 saturated heterocycles. The molecule has 22 heavy (non-hydrogen) atoms. The lowest BCUT2D eigenvalue weighted by Crippen LogP contribution is -1.88. The molecule has 4 aromatic rings. The minimum absolute atomic E-state index is 0.996. The number of benzene rings is 3. The molecule has 0 amide bonds. The molecule has 5 rings (SSSR count). The summed E-state index contributed by atoms with van der Waals surface area (Å²) < 4.78 is 0. The van der Waals surface area contributed by atoms with E-state index >= 15 is 0 Å². The molecular formula is C21H15N. The summed E-state index contributed by atoms with van der Waals surface area (Å²) >= 11 is 0. The molecule has 1 heteroatoms. The SMILES string of the molecule is Cc1ccnc2c1Cc1c-2ccc2ccc3ccccc3c12. The first-order chi connectivity index (χ1) is 10.8. The van der Waals surface area contributed by atoms with E-state index in [1.807, 2.05) is 6.20 Å². The van der Waals surface area contributed by atoms with E-state index in [1.165, 1.54) is 49.5 Å². The van der Waals surface area contributed by atoms with E-state index < -0.39 is 0 Å². The fourth-order valence-electron chi connectivity index (χ4n) is 3.80. The Morgan fingerprint density at radius 3 is 2.59 bits per heavy atom. The zero-order valence-corrected chi connectivity index (χ0v) is 12.4. The maximum atomic E-state index is 4.65. The van der Waals surface area contributed by atoms with Gasteiger partial charge in [0.15, 0.2) is 0 Å². The molecule has 0 spiro atoms. The van der Waals surface area contributed by atoms with E-state index in [0.717, 1.165) is 6.42 Å². The third kappa shape index (κ3) is 1.46. The van der Waals surface area contributed by atoms with Gasteiger partial charge in [0, 0.05) is 18.2 Å². The van der Waals surface area contributed by atoms with Crippen molar-refractivity contribution in [1.29, 1.82) is 0 Å². The average Bonchev–Trinajstić information content (AvgIpc) is 2.95. The second kappa shape index (κ2) is 4.17. The molecule has 0 unspecified atom stereocenters. The van der Waals surface area contributed by atoms with Gasteiger partial charge < -0.3 is 0 Å². The quantitative estimate of drug-likeness (QED) is 0.352. The van der Waals surface area contributed by atoms with E-state index in [0.29, 0.717) is 0 Å². The van der Waals surface area contributed by atoms with Crippen LogP contribution in [-0.4, -0.2) is 4.98 Å². The van der Waals surface area contributed by atoms with Crippen molar-refractivity contribution in [2.75, 3.05) is 0 Å². The van der Waals surface area contributed by atoms with Gasteiger partial charge in [0.1, 0.15) is 0 Å². The molecule has 104 valence electrons. The summed E-state index contributed by atoms with van der Waals surface area (Å²) in [5, 5.41) is 5.38. The second-order valence-corrected chi connectivity index (χ2v) is 6.11. The van der Waals surface area contributed by atoms with Crippen molar-refractivity contribution < 1.29 is 0 Å². The van der Waals surface area contributed by atoms with Crippen molar-refractivity contribution in [2.45, 2.75) is 13.3 Å². The van der Waals surface area contributed by atoms with E-state index in [9.17, 15) is 0 Å². The Kier molecular flexibility index (Phi) is 2.26. The summed E-state index contributed by atoms with van der Waals surface area (Å²) in [6, 6.07) is 19.7. The van der Waals surface area contributed by atoms with Gasteiger partial charge in [-0.25, -0.2) is 0 Å². The highest BCUT2D eigenvalue weighted by molar-refractivity contribution is 6.11.